The van der Waals surface area contributed by atoms with Gasteiger partial charge in [0.15, 0.2) is 0 Å². The summed E-state index contributed by atoms with van der Waals surface area (Å²) in [5, 5.41) is 12.9. The Kier molecular flexibility index (Phi) is 10.0. The average molecular weight is 437 g/mol. The van der Waals surface area contributed by atoms with Crippen molar-refractivity contribution in [1.29, 1.82) is 0 Å². The maximum Gasteiger partial charge on any atom is 0.310 e. The minimum absolute atomic E-state index is 0.0864. The van der Waals surface area contributed by atoms with Crippen LogP contribution >= 0.6 is 0 Å². The van der Waals surface area contributed by atoms with Crippen LogP contribution in [0, 0.1) is 23.7 Å². The zero-order valence-corrected chi connectivity index (χ0v) is 19.5. The molecule has 1 fully saturated rings. The van der Waals surface area contributed by atoms with Gasteiger partial charge < -0.3 is 20.1 Å². The third-order valence-corrected chi connectivity index (χ3v) is 6.65. The van der Waals surface area contributed by atoms with E-state index < -0.39 is 29.8 Å². The monoisotopic (exact) mass is 436 g/mol. The predicted molar refractivity (Wildman–Crippen MR) is 119 cm³/mol. The fourth-order valence-corrected chi connectivity index (χ4v) is 5.11. The number of fused-ring (bicyclic) bond motifs is 1. The van der Waals surface area contributed by atoms with E-state index in [2.05, 4.69) is 19.2 Å². The molecule has 1 heterocycles. The third-order valence-electron chi connectivity index (χ3n) is 6.65. The number of amides is 2. The fourth-order valence-electron chi connectivity index (χ4n) is 5.11. The summed E-state index contributed by atoms with van der Waals surface area (Å²) >= 11 is 0. The van der Waals surface area contributed by atoms with Crippen LogP contribution in [-0.2, 0) is 19.1 Å². The van der Waals surface area contributed by atoms with Gasteiger partial charge in [0.2, 0.25) is 11.8 Å². The summed E-state index contributed by atoms with van der Waals surface area (Å²) in [5.74, 6) is -2.51. The van der Waals surface area contributed by atoms with Crippen molar-refractivity contribution in [1.82, 2.24) is 10.2 Å². The van der Waals surface area contributed by atoms with E-state index in [0.717, 1.165) is 32.1 Å². The van der Waals surface area contributed by atoms with E-state index in [4.69, 9.17) is 4.74 Å². The molecule has 31 heavy (non-hydrogen) atoms. The first-order valence-electron chi connectivity index (χ1n) is 12.0. The van der Waals surface area contributed by atoms with Crippen molar-refractivity contribution in [2.75, 3.05) is 19.8 Å². The van der Waals surface area contributed by atoms with Crippen LogP contribution in [0.1, 0.15) is 66.2 Å². The van der Waals surface area contributed by atoms with E-state index in [-0.39, 0.29) is 36.9 Å². The molecule has 0 spiro atoms. The molecule has 0 aromatic carbocycles. The minimum atomic E-state index is -0.716. The lowest BCUT2D eigenvalue weighted by Gasteiger charge is -2.34. The Morgan fingerprint density at radius 1 is 1.16 bits per heavy atom. The Labute approximate surface area is 186 Å². The van der Waals surface area contributed by atoms with Gasteiger partial charge in [0.25, 0.3) is 0 Å². The van der Waals surface area contributed by atoms with E-state index in [1.807, 2.05) is 19.1 Å². The molecule has 0 unspecified atom stereocenters. The van der Waals surface area contributed by atoms with Gasteiger partial charge in [-0.2, -0.15) is 0 Å². The molecule has 1 aliphatic heterocycles. The molecule has 2 aliphatic rings. The van der Waals surface area contributed by atoms with Gasteiger partial charge >= 0.3 is 5.97 Å². The van der Waals surface area contributed by atoms with Crippen LogP contribution in [0.3, 0.4) is 0 Å². The SMILES string of the molecule is CCCCCNC(=O)[C@@H]1[C@H]2C=C[C@@H](CCC)[C@@H](C(=O)OCC)[C@H]2C(=O)N1[C@@H](CC)CO. The summed E-state index contributed by atoms with van der Waals surface area (Å²) in [5.41, 5.74) is 0. The summed E-state index contributed by atoms with van der Waals surface area (Å²) in [4.78, 5) is 41.4. The van der Waals surface area contributed by atoms with Gasteiger partial charge in [-0.15, -0.1) is 0 Å². The number of carbonyl (C=O) groups excluding carboxylic acids is 3. The molecule has 2 rings (SSSR count). The minimum Gasteiger partial charge on any atom is -0.466 e. The van der Waals surface area contributed by atoms with E-state index in [1.54, 1.807) is 11.8 Å². The molecule has 7 heteroatoms. The topological polar surface area (TPSA) is 95.9 Å². The number of nitrogens with one attached hydrogen (secondary N) is 1. The number of hydrogen-bond donors (Lipinski definition) is 2. The average Bonchev–Trinajstić information content (AvgIpc) is 3.05. The van der Waals surface area contributed by atoms with Crippen LogP contribution in [0.15, 0.2) is 12.2 Å². The van der Waals surface area contributed by atoms with Gasteiger partial charge in [-0.05, 0) is 32.1 Å². The fraction of sp³-hybridized carbons (Fsp3) is 0.792. The quantitative estimate of drug-likeness (QED) is 0.279. The zero-order chi connectivity index (χ0) is 23.0. The molecule has 0 bridgehead atoms. The van der Waals surface area contributed by atoms with Gasteiger partial charge in [0, 0.05) is 12.5 Å². The molecular weight excluding hydrogens is 396 g/mol. The highest BCUT2D eigenvalue weighted by molar-refractivity contribution is 5.96. The van der Waals surface area contributed by atoms with E-state index in [0.29, 0.717) is 13.0 Å². The van der Waals surface area contributed by atoms with Crippen LogP contribution in [0.25, 0.3) is 0 Å². The zero-order valence-electron chi connectivity index (χ0n) is 19.5. The number of carbonyl (C=O) groups is 3. The molecule has 6 atom stereocenters. The van der Waals surface area contributed by atoms with Crippen LogP contribution in [0.4, 0.5) is 0 Å². The lowest BCUT2D eigenvalue weighted by molar-refractivity contribution is -0.156. The molecule has 1 saturated heterocycles. The second-order valence-corrected chi connectivity index (χ2v) is 8.65. The van der Waals surface area contributed by atoms with Gasteiger partial charge in [-0.1, -0.05) is 52.2 Å². The first-order valence-corrected chi connectivity index (χ1v) is 12.0. The summed E-state index contributed by atoms with van der Waals surface area (Å²) < 4.78 is 5.36. The van der Waals surface area contributed by atoms with Crippen molar-refractivity contribution in [2.45, 2.75) is 78.3 Å². The standard InChI is InChI=1S/C24H40N2O5/c1-5-9-10-14-25-22(28)21-18-13-12-16(11-6-2)19(24(30)31-8-4)20(18)23(29)26(21)17(7-3)15-27/h12-13,16-21,27H,5-11,14-15H2,1-4H3,(H,25,28)/t16-,17+,18+,19-,20+,21+/m1/s1. The predicted octanol–water partition coefficient (Wildman–Crippen LogP) is 2.67. The maximum absolute atomic E-state index is 13.7. The lowest BCUT2D eigenvalue weighted by Crippen LogP contribution is -2.52. The second-order valence-electron chi connectivity index (χ2n) is 8.65. The molecule has 176 valence electrons. The van der Waals surface area contributed by atoms with Gasteiger partial charge in [0.05, 0.1) is 31.1 Å². The molecular formula is C24H40N2O5. The van der Waals surface area contributed by atoms with Crippen LogP contribution in [-0.4, -0.2) is 59.6 Å². The number of likely N-dealkylation sites (tertiary alicyclic amines) is 1. The van der Waals surface area contributed by atoms with Crippen molar-refractivity contribution < 1.29 is 24.2 Å². The molecule has 0 aromatic rings. The number of allylic oxidation sites excluding steroid dienone is 1. The molecule has 0 saturated carbocycles. The largest absolute Gasteiger partial charge is 0.466 e. The molecule has 1 aliphatic carbocycles. The van der Waals surface area contributed by atoms with Crippen molar-refractivity contribution in [2.24, 2.45) is 23.7 Å². The Balaban J connectivity index is 2.41. The number of unbranched alkanes of at least 4 members (excludes halogenated alkanes) is 2. The summed E-state index contributed by atoms with van der Waals surface area (Å²) in [6, 6.07) is -1.17. The number of esters is 1. The van der Waals surface area contributed by atoms with E-state index in [9.17, 15) is 19.5 Å². The van der Waals surface area contributed by atoms with Crippen molar-refractivity contribution in [3.05, 3.63) is 12.2 Å². The Hall–Kier alpha value is -1.89. The Bertz CT molecular complexity index is 646. The van der Waals surface area contributed by atoms with E-state index >= 15 is 0 Å². The third kappa shape index (κ3) is 5.48. The smallest absolute Gasteiger partial charge is 0.310 e. The molecule has 2 N–H and O–H groups in total. The summed E-state index contributed by atoms with van der Waals surface area (Å²) in [6.07, 6.45) is 9.12. The first-order chi connectivity index (χ1) is 15.0. The van der Waals surface area contributed by atoms with Crippen LogP contribution < -0.4 is 5.32 Å². The summed E-state index contributed by atoms with van der Waals surface area (Å²) in [7, 11) is 0. The number of aliphatic hydroxyl groups is 1. The Morgan fingerprint density at radius 3 is 2.48 bits per heavy atom. The number of hydrogen-bond acceptors (Lipinski definition) is 5. The van der Waals surface area contributed by atoms with Gasteiger partial charge in [-0.3, -0.25) is 14.4 Å². The molecule has 0 aromatic heterocycles. The normalized spacial score (nSPS) is 28.4. The van der Waals surface area contributed by atoms with Crippen LogP contribution in [0.2, 0.25) is 0 Å². The molecule has 2 amide bonds. The first kappa shape index (κ1) is 25.4. The highest BCUT2D eigenvalue weighted by Crippen LogP contribution is 2.46. The van der Waals surface area contributed by atoms with Gasteiger partial charge in [-0.25, -0.2) is 0 Å². The lowest BCUT2D eigenvalue weighted by atomic mass is 9.69. The molecule has 7 nitrogen and oxygen atoms in total. The van der Waals surface area contributed by atoms with Crippen molar-refractivity contribution in [3.8, 4) is 0 Å². The highest BCUT2D eigenvalue weighted by atomic mass is 16.5. The number of nitrogens with zero attached hydrogens (tertiary/aromatic N) is 1. The second kappa shape index (κ2) is 12.2. The number of rotatable bonds is 12. The number of aliphatic hydroxyl groups excluding tert-OH is 1. The maximum atomic E-state index is 13.7. The van der Waals surface area contributed by atoms with Crippen molar-refractivity contribution >= 4 is 17.8 Å². The summed E-state index contributed by atoms with van der Waals surface area (Å²) in [6.45, 7) is 8.41. The number of ether oxygens (including phenoxy) is 1. The van der Waals surface area contributed by atoms with Gasteiger partial charge in [0.1, 0.15) is 6.04 Å². The van der Waals surface area contributed by atoms with Crippen molar-refractivity contribution in [3.63, 3.8) is 0 Å². The van der Waals surface area contributed by atoms with E-state index in [1.165, 1.54) is 0 Å². The van der Waals surface area contributed by atoms with Crippen LogP contribution in [0.5, 0.6) is 0 Å². The molecule has 0 radical (unpaired) electrons. The highest BCUT2D eigenvalue weighted by Gasteiger charge is 2.58. The Morgan fingerprint density at radius 2 is 1.90 bits per heavy atom.